The average molecular weight is 404 g/mol. The van der Waals surface area contributed by atoms with Crippen LogP contribution < -0.4 is 22.1 Å². The van der Waals surface area contributed by atoms with Crippen molar-refractivity contribution in [2.24, 2.45) is 11.5 Å². The number of amides is 4. The van der Waals surface area contributed by atoms with Crippen molar-refractivity contribution in [3.8, 4) is 16.8 Å². The number of carbonyl (C=O) groups excluding carboxylic acids is 3. The van der Waals surface area contributed by atoms with E-state index < -0.39 is 11.9 Å². The molecule has 0 aliphatic heterocycles. The van der Waals surface area contributed by atoms with E-state index in [1.165, 1.54) is 10.9 Å². The lowest BCUT2D eigenvalue weighted by atomic mass is 10.0. The first kappa shape index (κ1) is 19.2. The number of benzene rings is 2. The quantitative estimate of drug-likeness (QED) is 0.498. The maximum atomic E-state index is 12.1. The van der Waals surface area contributed by atoms with Gasteiger partial charge in [-0.2, -0.15) is 5.10 Å². The fourth-order valence-electron chi connectivity index (χ4n) is 3.05. The van der Waals surface area contributed by atoms with E-state index in [0.717, 1.165) is 24.0 Å². The van der Waals surface area contributed by atoms with Crippen LogP contribution in [0.5, 0.6) is 0 Å². The van der Waals surface area contributed by atoms with Crippen LogP contribution in [0.1, 0.15) is 33.7 Å². The van der Waals surface area contributed by atoms with Gasteiger partial charge in [0.25, 0.3) is 11.8 Å². The van der Waals surface area contributed by atoms with Crippen molar-refractivity contribution < 1.29 is 14.4 Å². The molecule has 0 radical (unpaired) electrons. The van der Waals surface area contributed by atoms with E-state index in [1.54, 1.807) is 18.2 Å². The molecule has 4 rings (SSSR count). The molecule has 0 bridgehead atoms. The summed E-state index contributed by atoms with van der Waals surface area (Å²) in [6.07, 6.45) is 3.55. The second-order valence-corrected chi connectivity index (χ2v) is 7.06. The Hall–Kier alpha value is -4.14. The molecule has 9 heteroatoms. The summed E-state index contributed by atoms with van der Waals surface area (Å²) in [6.45, 7) is 0. The molecule has 0 saturated heterocycles. The van der Waals surface area contributed by atoms with Crippen molar-refractivity contribution in [1.82, 2.24) is 15.1 Å². The SMILES string of the molecule is NC(=O)Nc1cn(-c2cccc(-c3ccc(C(=O)NC4CC4)cc3)c2)nc1C(N)=O. The van der Waals surface area contributed by atoms with Crippen molar-refractivity contribution in [2.45, 2.75) is 18.9 Å². The summed E-state index contributed by atoms with van der Waals surface area (Å²) < 4.78 is 1.44. The fourth-order valence-corrected chi connectivity index (χ4v) is 3.05. The molecule has 0 unspecified atom stereocenters. The third-order valence-electron chi connectivity index (χ3n) is 4.71. The van der Waals surface area contributed by atoms with Gasteiger partial charge in [0, 0.05) is 11.6 Å². The lowest BCUT2D eigenvalue weighted by Crippen LogP contribution is -2.25. The van der Waals surface area contributed by atoms with Crippen molar-refractivity contribution in [3.63, 3.8) is 0 Å². The summed E-state index contributed by atoms with van der Waals surface area (Å²) in [5, 5.41) is 9.46. The Labute approximate surface area is 172 Å². The van der Waals surface area contributed by atoms with Crippen molar-refractivity contribution in [1.29, 1.82) is 0 Å². The first-order chi connectivity index (χ1) is 14.4. The highest BCUT2D eigenvalue weighted by Gasteiger charge is 2.23. The highest BCUT2D eigenvalue weighted by molar-refractivity contribution is 6.00. The van der Waals surface area contributed by atoms with E-state index in [9.17, 15) is 14.4 Å². The molecule has 3 aromatic rings. The van der Waals surface area contributed by atoms with Gasteiger partial charge in [0.1, 0.15) is 0 Å². The van der Waals surface area contributed by atoms with Gasteiger partial charge in [0.15, 0.2) is 5.69 Å². The Morgan fingerprint density at radius 1 is 1.00 bits per heavy atom. The zero-order valence-corrected chi connectivity index (χ0v) is 16.0. The van der Waals surface area contributed by atoms with Crippen molar-refractivity contribution >= 4 is 23.5 Å². The third kappa shape index (κ3) is 4.14. The summed E-state index contributed by atoms with van der Waals surface area (Å²) in [4.78, 5) is 34.9. The number of hydrogen-bond acceptors (Lipinski definition) is 4. The molecule has 1 aliphatic carbocycles. The minimum absolute atomic E-state index is 0.0668. The van der Waals surface area contributed by atoms with Crippen LogP contribution in [0.2, 0.25) is 0 Å². The molecule has 2 aromatic carbocycles. The van der Waals surface area contributed by atoms with Gasteiger partial charge in [-0.1, -0.05) is 24.3 Å². The zero-order chi connectivity index (χ0) is 21.3. The fraction of sp³-hybridized carbons (Fsp3) is 0.143. The predicted octanol–water partition coefficient (Wildman–Crippen LogP) is 2.02. The van der Waals surface area contributed by atoms with E-state index in [4.69, 9.17) is 11.5 Å². The lowest BCUT2D eigenvalue weighted by molar-refractivity contribution is 0.0949. The van der Waals surface area contributed by atoms with E-state index in [-0.39, 0.29) is 17.3 Å². The van der Waals surface area contributed by atoms with E-state index in [2.05, 4.69) is 15.7 Å². The number of hydrogen-bond donors (Lipinski definition) is 4. The first-order valence-electron chi connectivity index (χ1n) is 9.38. The highest BCUT2D eigenvalue weighted by atomic mass is 16.2. The molecule has 30 heavy (non-hydrogen) atoms. The maximum Gasteiger partial charge on any atom is 0.316 e. The molecular formula is C21H20N6O3. The second kappa shape index (κ2) is 7.70. The zero-order valence-electron chi connectivity index (χ0n) is 16.0. The van der Waals surface area contributed by atoms with Gasteiger partial charge in [0.2, 0.25) is 0 Å². The Bertz CT molecular complexity index is 1130. The number of anilines is 1. The van der Waals surface area contributed by atoms with E-state index in [1.807, 2.05) is 30.3 Å². The van der Waals surface area contributed by atoms with Gasteiger partial charge in [-0.3, -0.25) is 9.59 Å². The van der Waals surface area contributed by atoms with Gasteiger partial charge in [-0.05, 0) is 48.2 Å². The Kier molecular flexibility index (Phi) is 4.93. The van der Waals surface area contributed by atoms with Gasteiger partial charge in [0.05, 0.1) is 17.6 Å². The molecule has 1 aromatic heterocycles. The molecule has 152 valence electrons. The largest absolute Gasteiger partial charge is 0.364 e. The normalized spacial score (nSPS) is 12.9. The summed E-state index contributed by atoms with van der Waals surface area (Å²) >= 11 is 0. The number of nitrogens with two attached hydrogens (primary N) is 2. The summed E-state index contributed by atoms with van der Waals surface area (Å²) in [6, 6.07) is 14.2. The van der Waals surface area contributed by atoms with Crippen LogP contribution in [0.3, 0.4) is 0 Å². The van der Waals surface area contributed by atoms with Crippen LogP contribution in [-0.4, -0.2) is 33.7 Å². The number of nitrogens with one attached hydrogen (secondary N) is 2. The molecule has 4 amide bonds. The average Bonchev–Trinajstić information content (AvgIpc) is 3.44. The molecular weight excluding hydrogens is 384 g/mol. The second-order valence-electron chi connectivity index (χ2n) is 7.06. The Balaban J connectivity index is 1.60. The number of aromatic nitrogens is 2. The molecule has 6 N–H and O–H groups in total. The van der Waals surface area contributed by atoms with Crippen LogP contribution in [0.4, 0.5) is 10.5 Å². The topological polar surface area (TPSA) is 145 Å². The van der Waals surface area contributed by atoms with Gasteiger partial charge in [-0.25, -0.2) is 9.48 Å². The smallest absolute Gasteiger partial charge is 0.316 e. The number of carbonyl (C=O) groups is 3. The van der Waals surface area contributed by atoms with Crippen LogP contribution in [0.15, 0.2) is 54.7 Å². The van der Waals surface area contributed by atoms with Crippen LogP contribution in [0.25, 0.3) is 16.8 Å². The third-order valence-corrected chi connectivity index (χ3v) is 4.71. The van der Waals surface area contributed by atoms with Crippen LogP contribution >= 0.6 is 0 Å². The first-order valence-corrected chi connectivity index (χ1v) is 9.38. The molecule has 0 spiro atoms. The number of urea groups is 1. The molecule has 1 fully saturated rings. The number of rotatable bonds is 6. The van der Waals surface area contributed by atoms with Gasteiger partial charge < -0.3 is 22.1 Å². The molecule has 1 aliphatic rings. The Morgan fingerprint density at radius 2 is 1.73 bits per heavy atom. The summed E-state index contributed by atoms with van der Waals surface area (Å²) in [5.74, 6) is -0.850. The molecule has 9 nitrogen and oxygen atoms in total. The molecule has 0 atom stereocenters. The lowest BCUT2D eigenvalue weighted by Gasteiger charge is -2.07. The maximum absolute atomic E-state index is 12.1. The minimum Gasteiger partial charge on any atom is -0.364 e. The van der Waals surface area contributed by atoms with E-state index in [0.29, 0.717) is 17.3 Å². The molecule has 1 saturated carbocycles. The monoisotopic (exact) mass is 404 g/mol. The van der Waals surface area contributed by atoms with Crippen molar-refractivity contribution in [3.05, 3.63) is 66.0 Å². The number of nitrogens with zero attached hydrogens (tertiary/aromatic N) is 2. The van der Waals surface area contributed by atoms with Gasteiger partial charge >= 0.3 is 6.03 Å². The predicted molar refractivity (Wildman–Crippen MR) is 111 cm³/mol. The summed E-state index contributed by atoms with van der Waals surface area (Å²) in [5.41, 5.74) is 13.6. The highest BCUT2D eigenvalue weighted by Crippen LogP contribution is 2.25. The standard InChI is InChI=1S/C21H20N6O3/c22-19(28)18-17(25-21(23)30)11-27(26-18)16-3-1-2-14(10-16)12-4-6-13(7-5-12)20(29)24-15-8-9-15/h1-7,10-11,15H,8-9H2,(H2,22,28)(H,24,29)(H3,23,25,30). The number of primary amides is 2. The minimum atomic E-state index is -0.823. The molecule has 1 heterocycles. The van der Waals surface area contributed by atoms with Crippen LogP contribution in [0, 0.1) is 0 Å². The van der Waals surface area contributed by atoms with Crippen LogP contribution in [-0.2, 0) is 0 Å². The van der Waals surface area contributed by atoms with Crippen molar-refractivity contribution in [2.75, 3.05) is 5.32 Å². The Morgan fingerprint density at radius 3 is 2.37 bits per heavy atom. The summed E-state index contributed by atoms with van der Waals surface area (Å²) in [7, 11) is 0. The van der Waals surface area contributed by atoms with Gasteiger partial charge in [-0.15, -0.1) is 0 Å². The van der Waals surface area contributed by atoms with E-state index >= 15 is 0 Å².